The van der Waals surface area contributed by atoms with Gasteiger partial charge in [-0.25, -0.2) is 0 Å². The Morgan fingerprint density at radius 2 is 0.759 bits per heavy atom. The second-order valence-corrected chi connectivity index (χ2v) is 10.9. The number of hydrogen-bond donors (Lipinski definition) is 0. The Kier molecular flexibility index (Phi) is 8.61. The van der Waals surface area contributed by atoms with Crippen LogP contribution in [0.3, 0.4) is 0 Å². The van der Waals surface area contributed by atoms with Crippen LogP contribution in [-0.4, -0.2) is 0 Å². The van der Waals surface area contributed by atoms with Crippen molar-refractivity contribution in [1.29, 1.82) is 0 Å². The SMILES string of the molecule is C(=COC=CCC(C1CCCC1)C1CCCC1)CC(C1CCCC1)C1CCCC1. The maximum Gasteiger partial charge on any atom is 0.0861 e. The fourth-order valence-electron chi connectivity index (χ4n) is 7.66. The molecular weight excluding hydrogens is 352 g/mol. The van der Waals surface area contributed by atoms with Crippen molar-refractivity contribution in [2.24, 2.45) is 35.5 Å². The minimum Gasteiger partial charge on any atom is -0.473 e. The molecule has 4 fully saturated rings. The predicted molar refractivity (Wildman–Crippen MR) is 123 cm³/mol. The normalized spacial score (nSPS) is 25.9. The summed E-state index contributed by atoms with van der Waals surface area (Å²) < 4.78 is 5.82. The monoisotopic (exact) mass is 398 g/mol. The van der Waals surface area contributed by atoms with Crippen molar-refractivity contribution in [3.8, 4) is 0 Å². The van der Waals surface area contributed by atoms with Crippen LogP contribution in [0.4, 0.5) is 0 Å². The van der Waals surface area contributed by atoms with Crippen molar-refractivity contribution >= 4 is 0 Å². The number of rotatable bonds is 10. The minimum atomic E-state index is 0.929. The van der Waals surface area contributed by atoms with E-state index in [1.165, 1.54) is 116 Å². The summed E-state index contributed by atoms with van der Waals surface area (Å²) in [6.07, 6.45) is 34.8. The van der Waals surface area contributed by atoms with E-state index in [9.17, 15) is 0 Å². The Morgan fingerprint density at radius 1 is 0.483 bits per heavy atom. The molecule has 0 spiro atoms. The Labute approximate surface area is 180 Å². The molecule has 0 amide bonds. The Balaban J connectivity index is 1.21. The van der Waals surface area contributed by atoms with Gasteiger partial charge in [-0.15, -0.1) is 0 Å². The van der Waals surface area contributed by atoms with Crippen molar-refractivity contribution in [1.82, 2.24) is 0 Å². The zero-order chi connectivity index (χ0) is 19.7. The fourth-order valence-corrected chi connectivity index (χ4v) is 7.66. The molecule has 4 rings (SSSR count). The van der Waals surface area contributed by atoms with Crippen molar-refractivity contribution in [3.63, 3.8) is 0 Å². The van der Waals surface area contributed by atoms with Gasteiger partial charge < -0.3 is 4.74 Å². The van der Waals surface area contributed by atoms with Gasteiger partial charge in [0.1, 0.15) is 0 Å². The summed E-state index contributed by atoms with van der Waals surface area (Å²) in [5, 5.41) is 0. The molecule has 0 aliphatic heterocycles. The quantitative estimate of drug-likeness (QED) is 0.334. The summed E-state index contributed by atoms with van der Waals surface area (Å²) >= 11 is 0. The zero-order valence-electron chi connectivity index (χ0n) is 18.9. The van der Waals surface area contributed by atoms with Crippen LogP contribution in [0.2, 0.25) is 0 Å². The van der Waals surface area contributed by atoms with Crippen LogP contribution in [0.5, 0.6) is 0 Å². The van der Waals surface area contributed by atoms with Crippen LogP contribution in [-0.2, 0) is 4.74 Å². The first-order valence-corrected chi connectivity index (χ1v) is 13.4. The lowest BCUT2D eigenvalue weighted by atomic mass is 9.77. The van der Waals surface area contributed by atoms with Crippen molar-refractivity contribution < 1.29 is 4.74 Å². The lowest BCUT2D eigenvalue weighted by Gasteiger charge is -2.28. The second-order valence-electron chi connectivity index (χ2n) is 10.9. The van der Waals surface area contributed by atoms with Gasteiger partial charge in [-0.05, 0) is 60.5 Å². The standard InChI is InChI=1S/C28H46O/c1-2-12-23(11-1)27(24-13-3-4-14-24)19-9-21-29-22-10-20-28(25-15-5-6-16-25)26-17-7-8-18-26/h9-10,21-28H,1-8,11-20H2. The summed E-state index contributed by atoms with van der Waals surface area (Å²) in [4.78, 5) is 0. The molecule has 1 nitrogen and oxygen atoms in total. The molecule has 0 atom stereocenters. The maximum atomic E-state index is 5.82. The van der Waals surface area contributed by atoms with Gasteiger partial charge >= 0.3 is 0 Å². The molecule has 29 heavy (non-hydrogen) atoms. The average Bonchev–Trinajstić information content (AvgIpc) is 3.55. The Hall–Kier alpha value is -0.720. The van der Waals surface area contributed by atoms with E-state index in [4.69, 9.17) is 4.74 Å². The molecule has 164 valence electrons. The molecule has 0 saturated heterocycles. The molecular formula is C28H46O. The molecule has 0 heterocycles. The van der Waals surface area contributed by atoms with Gasteiger partial charge in [-0.3, -0.25) is 0 Å². The first kappa shape index (κ1) is 21.5. The molecule has 0 radical (unpaired) electrons. The number of hydrogen-bond acceptors (Lipinski definition) is 1. The van der Waals surface area contributed by atoms with Gasteiger partial charge in [-0.2, -0.15) is 0 Å². The average molecular weight is 399 g/mol. The van der Waals surface area contributed by atoms with Gasteiger partial charge in [0.05, 0.1) is 12.5 Å². The van der Waals surface area contributed by atoms with Gasteiger partial charge in [0.25, 0.3) is 0 Å². The van der Waals surface area contributed by atoms with Crippen LogP contribution in [0.1, 0.15) is 116 Å². The molecule has 4 aliphatic rings. The third-order valence-corrected chi connectivity index (χ3v) is 9.19. The van der Waals surface area contributed by atoms with E-state index >= 15 is 0 Å². The van der Waals surface area contributed by atoms with Crippen LogP contribution in [0.15, 0.2) is 24.7 Å². The molecule has 4 saturated carbocycles. The van der Waals surface area contributed by atoms with E-state index in [-0.39, 0.29) is 0 Å². The second kappa shape index (κ2) is 11.6. The van der Waals surface area contributed by atoms with Crippen LogP contribution >= 0.6 is 0 Å². The summed E-state index contributed by atoms with van der Waals surface area (Å²) in [6, 6.07) is 0. The van der Waals surface area contributed by atoms with Crippen molar-refractivity contribution in [3.05, 3.63) is 24.7 Å². The highest BCUT2D eigenvalue weighted by molar-refractivity contribution is 4.92. The fraction of sp³-hybridized carbons (Fsp3) is 0.857. The first-order chi connectivity index (χ1) is 14.4. The van der Waals surface area contributed by atoms with E-state index in [2.05, 4.69) is 12.2 Å². The van der Waals surface area contributed by atoms with E-state index in [0.717, 1.165) is 35.5 Å². The lowest BCUT2D eigenvalue weighted by Crippen LogP contribution is -2.19. The summed E-state index contributed by atoms with van der Waals surface area (Å²) in [6.45, 7) is 0. The zero-order valence-corrected chi connectivity index (χ0v) is 18.9. The predicted octanol–water partition coefficient (Wildman–Crippen LogP) is 8.80. The summed E-state index contributed by atoms with van der Waals surface area (Å²) in [5.74, 6) is 5.85. The third kappa shape index (κ3) is 6.14. The van der Waals surface area contributed by atoms with E-state index in [1.807, 2.05) is 12.5 Å². The molecule has 4 aliphatic carbocycles. The maximum absolute atomic E-state index is 5.82. The highest BCUT2D eigenvalue weighted by atomic mass is 16.5. The minimum absolute atomic E-state index is 0.929. The summed E-state index contributed by atoms with van der Waals surface area (Å²) in [7, 11) is 0. The van der Waals surface area contributed by atoms with Gasteiger partial charge in [-0.1, -0.05) is 103 Å². The third-order valence-electron chi connectivity index (χ3n) is 9.19. The van der Waals surface area contributed by atoms with E-state index < -0.39 is 0 Å². The Bertz CT molecular complexity index is 418. The van der Waals surface area contributed by atoms with Gasteiger partial charge in [0, 0.05) is 0 Å². The highest BCUT2D eigenvalue weighted by Gasteiger charge is 2.33. The molecule has 1 heteroatoms. The van der Waals surface area contributed by atoms with E-state index in [0.29, 0.717) is 0 Å². The molecule has 0 unspecified atom stereocenters. The topological polar surface area (TPSA) is 9.23 Å². The molecule has 0 aromatic heterocycles. The Morgan fingerprint density at radius 3 is 1.03 bits per heavy atom. The number of ether oxygens (including phenoxy) is 1. The molecule has 0 bridgehead atoms. The van der Waals surface area contributed by atoms with Crippen LogP contribution in [0.25, 0.3) is 0 Å². The smallest absolute Gasteiger partial charge is 0.0861 e. The van der Waals surface area contributed by atoms with Crippen LogP contribution < -0.4 is 0 Å². The first-order valence-electron chi connectivity index (χ1n) is 13.4. The lowest BCUT2D eigenvalue weighted by molar-refractivity contribution is 0.229. The van der Waals surface area contributed by atoms with Crippen LogP contribution in [0, 0.1) is 35.5 Å². The van der Waals surface area contributed by atoms with Gasteiger partial charge in [0.2, 0.25) is 0 Å². The number of allylic oxidation sites excluding steroid dienone is 2. The molecule has 0 aromatic carbocycles. The largest absolute Gasteiger partial charge is 0.473 e. The van der Waals surface area contributed by atoms with Crippen molar-refractivity contribution in [2.75, 3.05) is 0 Å². The van der Waals surface area contributed by atoms with E-state index in [1.54, 1.807) is 0 Å². The van der Waals surface area contributed by atoms with Crippen molar-refractivity contribution in [2.45, 2.75) is 116 Å². The highest BCUT2D eigenvalue weighted by Crippen LogP contribution is 2.44. The summed E-state index contributed by atoms with van der Waals surface area (Å²) in [5.41, 5.74) is 0. The molecule has 0 aromatic rings. The molecule has 0 N–H and O–H groups in total. The van der Waals surface area contributed by atoms with Gasteiger partial charge in [0.15, 0.2) is 0 Å².